The molecular weight excluding hydrogens is 482 g/mol. The second-order valence-corrected chi connectivity index (χ2v) is 9.25. The van der Waals surface area contributed by atoms with Gasteiger partial charge in [-0.25, -0.2) is 9.59 Å². The number of aromatic carboxylic acids is 1. The molecule has 8 nitrogen and oxygen atoms in total. The Labute approximate surface area is 223 Å². The fraction of sp³-hybridized carbons (Fsp3) is 0.333. The van der Waals surface area contributed by atoms with Crippen LogP contribution in [0.25, 0.3) is 0 Å². The van der Waals surface area contributed by atoms with Crippen LogP contribution in [0.4, 0.5) is 10.5 Å². The van der Waals surface area contributed by atoms with Crippen LogP contribution in [0.5, 0.6) is 5.75 Å². The van der Waals surface area contributed by atoms with Crippen LogP contribution in [0.2, 0.25) is 0 Å². The van der Waals surface area contributed by atoms with E-state index in [2.05, 4.69) is 34.5 Å². The van der Waals surface area contributed by atoms with Gasteiger partial charge in [0.2, 0.25) is 0 Å². The molecule has 1 saturated heterocycles. The average molecular weight is 518 g/mol. The van der Waals surface area contributed by atoms with Gasteiger partial charge >= 0.3 is 12.0 Å². The number of urea groups is 1. The summed E-state index contributed by atoms with van der Waals surface area (Å²) in [5, 5.41) is 12.3. The number of benzene rings is 3. The molecule has 8 heteroatoms. The van der Waals surface area contributed by atoms with Gasteiger partial charge in [-0.15, -0.1) is 0 Å². The zero-order chi connectivity index (χ0) is 26.7. The van der Waals surface area contributed by atoms with E-state index >= 15 is 0 Å². The Bertz CT molecular complexity index is 1140. The molecule has 0 unspecified atom stereocenters. The molecule has 0 radical (unpaired) electrons. The van der Waals surface area contributed by atoms with Gasteiger partial charge in [0.1, 0.15) is 5.75 Å². The standard InChI is InChI=1S/C30H35N3O5/c1-37-28-13-12-25(29(34)35)22-27(28)31-30(36)33(17-16-32-18-20-38-21-19-32)15-14-26(23-8-4-2-5-9-23)24-10-6-3-7-11-24/h2-13,22,26H,14-21H2,1H3,(H,31,36)(H,34,35). The highest BCUT2D eigenvalue weighted by Gasteiger charge is 2.22. The van der Waals surface area contributed by atoms with Crippen molar-refractivity contribution in [3.05, 3.63) is 95.6 Å². The Morgan fingerprint density at radius 3 is 2.18 bits per heavy atom. The first-order valence-electron chi connectivity index (χ1n) is 12.9. The Hall–Kier alpha value is -3.88. The van der Waals surface area contributed by atoms with Gasteiger partial charge in [0.25, 0.3) is 0 Å². The van der Waals surface area contributed by atoms with E-state index in [4.69, 9.17) is 9.47 Å². The van der Waals surface area contributed by atoms with Gasteiger partial charge in [-0.05, 0) is 35.7 Å². The first-order valence-corrected chi connectivity index (χ1v) is 12.9. The predicted molar refractivity (Wildman–Crippen MR) is 147 cm³/mol. The van der Waals surface area contributed by atoms with E-state index in [1.807, 2.05) is 36.4 Å². The van der Waals surface area contributed by atoms with E-state index in [1.54, 1.807) is 11.0 Å². The third-order valence-corrected chi connectivity index (χ3v) is 6.86. The third kappa shape index (κ3) is 7.34. The highest BCUT2D eigenvalue weighted by Crippen LogP contribution is 2.29. The Kier molecular flexibility index (Phi) is 9.72. The molecule has 1 fully saturated rings. The topological polar surface area (TPSA) is 91.3 Å². The van der Waals surface area contributed by atoms with Crippen LogP contribution in [0.1, 0.15) is 33.8 Å². The number of ether oxygens (including phenoxy) is 2. The van der Waals surface area contributed by atoms with Crippen LogP contribution in [0.3, 0.4) is 0 Å². The minimum Gasteiger partial charge on any atom is -0.495 e. The molecule has 1 aliphatic rings. The lowest BCUT2D eigenvalue weighted by molar-refractivity contribution is 0.0351. The minimum absolute atomic E-state index is 0.0779. The number of carboxylic acid groups (broad SMARTS) is 1. The molecule has 2 amide bonds. The maximum absolute atomic E-state index is 13.6. The number of anilines is 1. The SMILES string of the molecule is COc1ccc(C(=O)O)cc1NC(=O)N(CCC(c1ccccc1)c1ccccc1)CCN1CCOCC1. The van der Waals surface area contributed by atoms with Crippen molar-refractivity contribution in [2.24, 2.45) is 0 Å². The molecule has 3 aromatic rings. The summed E-state index contributed by atoms with van der Waals surface area (Å²) >= 11 is 0. The first kappa shape index (κ1) is 27.2. The van der Waals surface area contributed by atoms with Crippen molar-refractivity contribution in [2.45, 2.75) is 12.3 Å². The zero-order valence-corrected chi connectivity index (χ0v) is 21.7. The zero-order valence-electron chi connectivity index (χ0n) is 21.7. The number of nitrogens with one attached hydrogen (secondary N) is 1. The number of amides is 2. The number of carbonyl (C=O) groups excluding carboxylic acids is 1. The second kappa shape index (κ2) is 13.6. The molecule has 3 aromatic carbocycles. The molecule has 2 N–H and O–H groups in total. The number of hydrogen-bond acceptors (Lipinski definition) is 5. The van der Waals surface area contributed by atoms with Gasteiger partial charge in [0, 0.05) is 38.6 Å². The summed E-state index contributed by atoms with van der Waals surface area (Å²) in [6, 6.07) is 24.8. The predicted octanol–water partition coefficient (Wildman–Crippen LogP) is 4.78. The molecule has 0 atom stereocenters. The third-order valence-electron chi connectivity index (χ3n) is 6.86. The molecule has 1 aliphatic heterocycles. The number of carboxylic acids is 1. The number of hydrogen-bond donors (Lipinski definition) is 2. The molecule has 0 aromatic heterocycles. The largest absolute Gasteiger partial charge is 0.495 e. The average Bonchev–Trinajstić information content (AvgIpc) is 2.96. The molecule has 38 heavy (non-hydrogen) atoms. The molecular formula is C30H35N3O5. The van der Waals surface area contributed by atoms with Crippen molar-refractivity contribution >= 4 is 17.7 Å². The van der Waals surface area contributed by atoms with Crippen LogP contribution in [-0.4, -0.2) is 80.0 Å². The number of carbonyl (C=O) groups is 2. The Morgan fingerprint density at radius 2 is 1.61 bits per heavy atom. The van der Waals surface area contributed by atoms with Crippen molar-refractivity contribution < 1.29 is 24.2 Å². The maximum atomic E-state index is 13.6. The highest BCUT2D eigenvalue weighted by atomic mass is 16.5. The maximum Gasteiger partial charge on any atom is 0.335 e. The Balaban J connectivity index is 1.54. The molecule has 0 saturated carbocycles. The van der Waals surface area contributed by atoms with E-state index in [0.717, 1.165) is 26.1 Å². The Morgan fingerprint density at radius 1 is 0.974 bits per heavy atom. The summed E-state index contributed by atoms with van der Waals surface area (Å²) in [5.74, 6) is -0.537. The van der Waals surface area contributed by atoms with Gasteiger partial charge in [0.15, 0.2) is 0 Å². The smallest absolute Gasteiger partial charge is 0.335 e. The molecule has 1 heterocycles. The lowest BCUT2D eigenvalue weighted by Crippen LogP contribution is -2.44. The van der Waals surface area contributed by atoms with E-state index in [-0.39, 0.29) is 17.5 Å². The quantitative estimate of drug-likeness (QED) is 0.380. The number of methoxy groups -OCH3 is 1. The van der Waals surface area contributed by atoms with Gasteiger partial charge in [-0.1, -0.05) is 60.7 Å². The molecule has 0 spiro atoms. The first-order chi connectivity index (χ1) is 18.5. The van der Waals surface area contributed by atoms with E-state index < -0.39 is 5.97 Å². The molecule has 0 bridgehead atoms. The molecule has 4 rings (SSSR count). The van der Waals surface area contributed by atoms with Gasteiger partial charge in [-0.3, -0.25) is 4.90 Å². The van der Waals surface area contributed by atoms with Crippen LogP contribution in [0.15, 0.2) is 78.9 Å². The summed E-state index contributed by atoms with van der Waals surface area (Å²) in [4.78, 5) is 29.2. The van der Waals surface area contributed by atoms with Crippen LogP contribution < -0.4 is 10.1 Å². The van der Waals surface area contributed by atoms with Crippen LogP contribution >= 0.6 is 0 Å². The summed E-state index contributed by atoms with van der Waals surface area (Å²) < 4.78 is 10.9. The number of nitrogens with zero attached hydrogens (tertiary/aromatic N) is 2. The van der Waals surface area contributed by atoms with Gasteiger partial charge in [0.05, 0.1) is 31.6 Å². The van der Waals surface area contributed by atoms with E-state index in [9.17, 15) is 14.7 Å². The normalized spacial score (nSPS) is 13.7. The fourth-order valence-corrected chi connectivity index (χ4v) is 4.72. The lowest BCUT2D eigenvalue weighted by atomic mass is 9.88. The monoisotopic (exact) mass is 517 g/mol. The lowest BCUT2D eigenvalue weighted by Gasteiger charge is -2.31. The van der Waals surface area contributed by atoms with Gasteiger partial charge in [-0.2, -0.15) is 0 Å². The van der Waals surface area contributed by atoms with Crippen molar-refractivity contribution in [1.29, 1.82) is 0 Å². The summed E-state index contributed by atoms with van der Waals surface area (Å²) in [7, 11) is 1.49. The minimum atomic E-state index is -1.07. The second-order valence-electron chi connectivity index (χ2n) is 9.25. The van der Waals surface area contributed by atoms with Crippen molar-refractivity contribution in [3.8, 4) is 5.75 Å². The van der Waals surface area contributed by atoms with E-state index in [0.29, 0.717) is 37.7 Å². The number of morpholine rings is 1. The van der Waals surface area contributed by atoms with Crippen LogP contribution in [0, 0.1) is 0 Å². The van der Waals surface area contributed by atoms with Crippen molar-refractivity contribution in [2.75, 3.05) is 58.4 Å². The van der Waals surface area contributed by atoms with E-state index in [1.165, 1.54) is 30.4 Å². The van der Waals surface area contributed by atoms with Crippen molar-refractivity contribution in [1.82, 2.24) is 9.80 Å². The fourth-order valence-electron chi connectivity index (χ4n) is 4.72. The summed E-state index contributed by atoms with van der Waals surface area (Å²) in [5.41, 5.74) is 2.80. The summed E-state index contributed by atoms with van der Waals surface area (Å²) in [6.45, 7) is 4.82. The highest BCUT2D eigenvalue weighted by molar-refractivity contribution is 5.94. The van der Waals surface area contributed by atoms with Crippen LogP contribution in [-0.2, 0) is 4.74 Å². The van der Waals surface area contributed by atoms with Crippen molar-refractivity contribution in [3.63, 3.8) is 0 Å². The molecule has 200 valence electrons. The summed E-state index contributed by atoms with van der Waals surface area (Å²) in [6.07, 6.45) is 0.733. The molecule has 0 aliphatic carbocycles. The van der Waals surface area contributed by atoms with Gasteiger partial charge < -0.3 is 24.8 Å². The number of rotatable bonds is 11.